The maximum atomic E-state index is 11.6. The highest BCUT2D eigenvalue weighted by Crippen LogP contribution is 2.29. The predicted molar refractivity (Wildman–Crippen MR) is 162 cm³/mol. The van der Waals surface area contributed by atoms with Crippen LogP contribution in [0.4, 0.5) is 17.3 Å². The number of nitrogens with zero attached hydrogens (tertiary/aromatic N) is 6. The van der Waals surface area contributed by atoms with E-state index in [1.807, 2.05) is 11.1 Å². The lowest BCUT2D eigenvalue weighted by molar-refractivity contribution is -0.129. The number of likely N-dealkylation sites (N-methyl/N-ethyl adjacent to an activating group) is 1. The molecule has 40 heavy (non-hydrogen) atoms. The van der Waals surface area contributed by atoms with Crippen LogP contribution in [-0.4, -0.2) is 90.0 Å². The molecule has 2 aliphatic rings. The molecule has 0 radical (unpaired) electrons. The first-order chi connectivity index (χ1) is 19.5. The number of anilines is 3. The quantitative estimate of drug-likeness (QED) is 0.391. The number of fused-ring (bicyclic) bond motifs is 1. The van der Waals surface area contributed by atoms with Crippen molar-refractivity contribution in [3.05, 3.63) is 78.5 Å². The molecule has 2 fully saturated rings. The molecule has 0 atom stereocenters. The van der Waals surface area contributed by atoms with E-state index in [0.717, 1.165) is 92.3 Å². The Hall–Kier alpha value is -4.01. The van der Waals surface area contributed by atoms with Gasteiger partial charge in [-0.25, -0.2) is 9.97 Å². The van der Waals surface area contributed by atoms with Gasteiger partial charge in [0, 0.05) is 94.3 Å². The van der Waals surface area contributed by atoms with Gasteiger partial charge in [-0.2, -0.15) is 0 Å². The molecule has 0 spiro atoms. The molecule has 3 heterocycles. The van der Waals surface area contributed by atoms with Gasteiger partial charge < -0.3 is 20.0 Å². The first-order valence-corrected chi connectivity index (χ1v) is 14.2. The molecule has 1 aromatic heterocycles. The van der Waals surface area contributed by atoms with Gasteiger partial charge in [0.2, 0.25) is 11.9 Å². The topological polar surface area (TPSA) is 67.8 Å². The van der Waals surface area contributed by atoms with Crippen molar-refractivity contribution >= 4 is 34.1 Å². The molecule has 2 aliphatic heterocycles. The first-order valence-electron chi connectivity index (χ1n) is 14.2. The van der Waals surface area contributed by atoms with Crippen LogP contribution in [0.3, 0.4) is 0 Å². The van der Waals surface area contributed by atoms with E-state index in [0.29, 0.717) is 5.95 Å². The number of hydrogen-bond acceptors (Lipinski definition) is 7. The molecule has 0 aliphatic carbocycles. The summed E-state index contributed by atoms with van der Waals surface area (Å²) in [5.74, 6) is 0.727. The molecule has 1 N–H and O–H groups in total. The summed E-state index contributed by atoms with van der Waals surface area (Å²) in [4.78, 5) is 30.3. The molecule has 8 nitrogen and oxygen atoms in total. The highest BCUT2D eigenvalue weighted by Gasteiger charge is 2.19. The second-order valence-corrected chi connectivity index (χ2v) is 10.9. The normalized spacial score (nSPS) is 16.9. The smallest absolute Gasteiger partial charge is 0.227 e. The number of amides is 1. The molecule has 206 valence electrons. The summed E-state index contributed by atoms with van der Waals surface area (Å²) < 4.78 is 0. The van der Waals surface area contributed by atoms with Crippen molar-refractivity contribution in [2.75, 3.05) is 69.6 Å². The number of piperazine rings is 2. The van der Waals surface area contributed by atoms with Crippen LogP contribution in [0.2, 0.25) is 0 Å². The largest absolute Gasteiger partial charge is 0.368 e. The van der Waals surface area contributed by atoms with Crippen LogP contribution in [0.25, 0.3) is 22.0 Å². The summed E-state index contributed by atoms with van der Waals surface area (Å²) in [7, 11) is 2.19. The van der Waals surface area contributed by atoms with Crippen molar-refractivity contribution in [2.24, 2.45) is 0 Å². The van der Waals surface area contributed by atoms with Gasteiger partial charge in [0.15, 0.2) is 0 Å². The van der Waals surface area contributed by atoms with Crippen molar-refractivity contribution in [2.45, 2.75) is 13.5 Å². The Balaban J connectivity index is 1.15. The predicted octanol–water partition coefficient (Wildman–Crippen LogP) is 4.46. The molecule has 8 heteroatoms. The van der Waals surface area contributed by atoms with Crippen LogP contribution in [0.15, 0.2) is 72.9 Å². The van der Waals surface area contributed by atoms with Crippen LogP contribution in [0, 0.1) is 0 Å². The van der Waals surface area contributed by atoms with Crippen LogP contribution < -0.4 is 10.2 Å². The Labute approximate surface area is 236 Å². The van der Waals surface area contributed by atoms with Crippen molar-refractivity contribution in [1.29, 1.82) is 0 Å². The number of carbonyl (C=O) groups is 1. The number of carbonyl (C=O) groups excluding carboxylic acids is 1. The lowest BCUT2D eigenvalue weighted by Crippen LogP contribution is -2.48. The number of benzene rings is 3. The minimum Gasteiger partial charge on any atom is -0.368 e. The number of hydrogen-bond donors (Lipinski definition) is 1. The summed E-state index contributed by atoms with van der Waals surface area (Å²) in [5.41, 5.74) is 6.64. The van der Waals surface area contributed by atoms with Crippen molar-refractivity contribution < 1.29 is 4.79 Å². The Morgan fingerprint density at radius 1 is 0.850 bits per heavy atom. The number of rotatable bonds is 6. The molecule has 6 rings (SSSR count). The van der Waals surface area contributed by atoms with Gasteiger partial charge >= 0.3 is 0 Å². The minimum absolute atomic E-state index is 0.149. The van der Waals surface area contributed by atoms with Gasteiger partial charge in [0.05, 0.1) is 5.52 Å². The lowest BCUT2D eigenvalue weighted by Gasteiger charge is -2.35. The van der Waals surface area contributed by atoms with Crippen molar-refractivity contribution in [1.82, 2.24) is 24.7 Å². The summed E-state index contributed by atoms with van der Waals surface area (Å²) >= 11 is 0. The number of para-hydroxylation sites is 1. The van der Waals surface area contributed by atoms with Gasteiger partial charge in [0.25, 0.3) is 0 Å². The molecule has 4 aromatic rings. The Kier molecular flexibility index (Phi) is 7.62. The summed E-state index contributed by atoms with van der Waals surface area (Å²) in [6.45, 7) is 10.4. The summed E-state index contributed by atoms with van der Waals surface area (Å²) in [6, 6.07) is 23.5. The molecule has 0 unspecified atom stereocenters. The van der Waals surface area contributed by atoms with Crippen LogP contribution >= 0.6 is 0 Å². The third kappa shape index (κ3) is 5.93. The first kappa shape index (κ1) is 26.2. The van der Waals surface area contributed by atoms with E-state index in [-0.39, 0.29) is 5.91 Å². The number of nitrogens with one attached hydrogen (secondary N) is 1. The van der Waals surface area contributed by atoms with E-state index in [1.54, 1.807) is 6.92 Å². The highest BCUT2D eigenvalue weighted by atomic mass is 16.2. The van der Waals surface area contributed by atoms with Crippen LogP contribution in [0.5, 0.6) is 0 Å². The van der Waals surface area contributed by atoms with Gasteiger partial charge in [-0.15, -0.1) is 0 Å². The highest BCUT2D eigenvalue weighted by molar-refractivity contribution is 5.93. The van der Waals surface area contributed by atoms with Gasteiger partial charge in [0.1, 0.15) is 0 Å². The van der Waals surface area contributed by atoms with Gasteiger partial charge in [-0.1, -0.05) is 42.5 Å². The zero-order valence-electron chi connectivity index (χ0n) is 23.4. The molecular weight excluding hydrogens is 498 g/mol. The zero-order chi connectivity index (χ0) is 27.5. The molecule has 0 saturated carbocycles. The molecular formula is C32H37N7O. The van der Waals surface area contributed by atoms with E-state index in [4.69, 9.17) is 4.98 Å². The molecule has 1 amide bonds. The average molecular weight is 536 g/mol. The lowest BCUT2D eigenvalue weighted by atomic mass is 10.0. The Morgan fingerprint density at radius 3 is 2.27 bits per heavy atom. The Morgan fingerprint density at radius 2 is 1.57 bits per heavy atom. The maximum Gasteiger partial charge on any atom is 0.227 e. The summed E-state index contributed by atoms with van der Waals surface area (Å²) in [6.07, 6.45) is 1.89. The van der Waals surface area contributed by atoms with Crippen molar-refractivity contribution in [3.8, 4) is 11.1 Å². The molecule has 2 saturated heterocycles. The van der Waals surface area contributed by atoms with Crippen LogP contribution in [-0.2, 0) is 11.3 Å². The van der Waals surface area contributed by atoms with E-state index >= 15 is 0 Å². The second kappa shape index (κ2) is 11.6. The second-order valence-electron chi connectivity index (χ2n) is 10.9. The number of aromatic nitrogens is 2. The van der Waals surface area contributed by atoms with Gasteiger partial charge in [-0.3, -0.25) is 9.69 Å². The SMILES string of the molecule is CC(=O)N1CCN(c2ccc(Nc3ncc4cccc(-c5ccc(CN6CCN(C)CC6)cc5)c4n3)cc2)CC1. The standard InChI is InChI=1S/C32H37N7O/c1-24(40)38-18-20-39(21-19-38)29-12-10-28(11-13-29)34-32-33-22-27-4-3-5-30(31(27)35-32)26-8-6-25(7-9-26)23-37-16-14-36(2)15-17-37/h3-13,22H,14-21,23H2,1-2H3,(H,33,34,35). The minimum atomic E-state index is 0.149. The Bertz CT molecular complexity index is 1460. The fourth-order valence-electron chi connectivity index (χ4n) is 5.57. The fourth-order valence-corrected chi connectivity index (χ4v) is 5.57. The van der Waals surface area contributed by atoms with Crippen molar-refractivity contribution in [3.63, 3.8) is 0 Å². The van der Waals surface area contributed by atoms with E-state index in [1.165, 1.54) is 5.56 Å². The van der Waals surface area contributed by atoms with E-state index in [9.17, 15) is 4.79 Å². The molecule has 3 aromatic carbocycles. The van der Waals surface area contributed by atoms with Crippen LogP contribution in [0.1, 0.15) is 12.5 Å². The van der Waals surface area contributed by atoms with E-state index < -0.39 is 0 Å². The van der Waals surface area contributed by atoms with Gasteiger partial charge in [-0.05, 0) is 42.4 Å². The third-order valence-corrected chi connectivity index (χ3v) is 8.09. The zero-order valence-corrected chi connectivity index (χ0v) is 23.4. The average Bonchev–Trinajstić information content (AvgIpc) is 2.99. The summed E-state index contributed by atoms with van der Waals surface area (Å²) in [5, 5.41) is 4.40. The van der Waals surface area contributed by atoms with E-state index in [2.05, 4.69) is 98.8 Å². The molecule has 0 bridgehead atoms. The monoisotopic (exact) mass is 535 g/mol. The fraction of sp³-hybridized carbons (Fsp3) is 0.344. The maximum absolute atomic E-state index is 11.6. The third-order valence-electron chi connectivity index (χ3n) is 8.09.